The van der Waals surface area contributed by atoms with E-state index in [1.54, 1.807) is 6.08 Å². The maximum atomic E-state index is 12.0. The number of ketones is 1. The van der Waals surface area contributed by atoms with E-state index in [-0.39, 0.29) is 17.3 Å². The van der Waals surface area contributed by atoms with Crippen LogP contribution in [0.4, 0.5) is 0 Å². The van der Waals surface area contributed by atoms with E-state index < -0.39 is 11.7 Å². The van der Waals surface area contributed by atoms with Crippen LogP contribution in [-0.2, 0) is 9.53 Å². The second-order valence-corrected chi connectivity index (χ2v) is 11.0. The maximum Gasteiger partial charge on any atom is 0.156 e. The van der Waals surface area contributed by atoms with E-state index in [9.17, 15) is 9.90 Å². The molecule has 0 aromatic heterocycles. The summed E-state index contributed by atoms with van der Waals surface area (Å²) in [6, 6.07) is 0. The Labute approximate surface area is 168 Å². The summed E-state index contributed by atoms with van der Waals surface area (Å²) in [5.74, 6) is 1.31. The predicted octanol–water partition coefficient (Wildman–Crippen LogP) is 4.90. The zero-order chi connectivity index (χ0) is 19.9. The summed E-state index contributed by atoms with van der Waals surface area (Å²) in [5, 5.41) is 11.0. The first kappa shape index (κ1) is 18.8. The molecule has 0 amide bonds. The van der Waals surface area contributed by atoms with Gasteiger partial charge in [0.15, 0.2) is 5.78 Å². The van der Waals surface area contributed by atoms with Crippen molar-refractivity contribution in [3.8, 4) is 0 Å². The summed E-state index contributed by atoms with van der Waals surface area (Å²) in [4.78, 5) is 12.0. The van der Waals surface area contributed by atoms with Crippen LogP contribution in [0.3, 0.4) is 0 Å². The number of carbonyl (C=O) groups excluding carboxylic acids is 1. The molecule has 4 aliphatic carbocycles. The zero-order valence-corrected chi connectivity index (χ0v) is 17.8. The average molecular weight is 383 g/mol. The van der Waals surface area contributed by atoms with Crippen molar-refractivity contribution in [1.29, 1.82) is 0 Å². The van der Waals surface area contributed by atoms with Gasteiger partial charge in [0.25, 0.3) is 0 Å². The van der Waals surface area contributed by atoms with Gasteiger partial charge in [-0.2, -0.15) is 0 Å². The topological polar surface area (TPSA) is 49.8 Å². The second kappa shape index (κ2) is 5.92. The van der Waals surface area contributed by atoms with Gasteiger partial charge in [0.1, 0.15) is 17.8 Å². The van der Waals surface area contributed by atoms with Crippen LogP contribution in [0, 0.1) is 22.7 Å². The van der Waals surface area contributed by atoms with Crippen molar-refractivity contribution in [2.75, 3.05) is 0 Å². The summed E-state index contributed by atoms with van der Waals surface area (Å²) < 4.78 is 6.27. The molecule has 1 N–H and O–H groups in total. The van der Waals surface area contributed by atoms with Crippen LogP contribution in [-0.4, -0.2) is 28.7 Å². The minimum atomic E-state index is -0.564. The van der Waals surface area contributed by atoms with E-state index in [2.05, 4.69) is 33.8 Å². The molecule has 5 rings (SSSR count). The summed E-state index contributed by atoms with van der Waals surface area (Å²) in [5.41, 5.74) is 3.73. The lowest BCUT2D eigenvalue weighted by atomic mass is 9.47. The molecule has 2 fully saturated rings. The Balaban J connectivity index is 1.49. The fourth-order valence-electron chi connectivity index (χ4n) is 7.36. The molecule has 0 bridgehead atoms. The van der Waals surface area contributed by atoms with Crippen LogP contribution in [0.2, 0.25) is 0 Å². The van der Waals surface area contributed by atoms with Gasteiger partial charge < -0.3 is 9.84 Å². The standard InChI is InChI=1S/C25H34O3/c1-15-6-9-20-23(2,3)10-5-11-24(20,4)19(15)14-25-21(27)12-16-7-8-17(26)13-18(16)22(25)28-25/h6,12-13,19-22,27H,5,7-11,14H2,1-4H3/t19-,20-,21+,22+,24+,25-/m0/s1. The number of allylic oxidation sites excluding steroid dienone is 3. The van der Waals surface area contributed by atoms with Gasteiger partial charge in [0.2, 0.25) is 0 Å². The molecule has 1 heterocycles. The molecule has 0 aromatic carbocycles. The Morgan fingerprint density at radius 1 is 1.21 bits per heavy atom. The Bertz CT molecular complexity index is 816. The minimum absolute atomic E-state index is 0.0971. The second-order valence-electron chi connectivity index (χ2n) is 11.0. The van der Waals surface area contributed by atoms with Gasteiger partial charge in [0.05, 0.1) is 0 Å². The van der Waals surface area contributed by atoms with Crippen molar-refractivity contribution in [3.63, 3.8) is 0 Å². The third-order valence-electron chi connectivity index (χ3n) is 9.01. The van der Waals surface area contributed by atoms with Gasteiger partial charge in [-0.25, -0.2) is 0 Å². The molecule has 6 atom stereocenters. The van der Waals surface area contributed by atoms with Crippen LogP contribution < -0.4 is 0 Å². The van der Waals surface area contributed by atoms with Crippen LogP contribution in [0.25, 0.3) is 0 Å². The van der Waals surface area contributed by atoms with E-state index >= 15 is 0 Å². The molecule has 1 saturated heterocycles. The number of hydrogen-bond donors (Lipinski definition) is 1. The van der Waals surface area contributed by atoms with Crippen molar-refractivity contribution in [2.24, 2.45) is 22.7 Å². The third kappa shape index (κ3) is 2.51. The molecular formula is C25H34O3. The highest BCUT2D eigenvalue weighted by molar-refractivity contribution is 5.93. The fraction of sp³-hybridized carbons (Fsp3) is 0.720. The van der Waals surface area contributed by atoms with E-state index in [0.717, 1.165) is 24.0 Å². The molecule has 3 nitrogen and oxygen atoms in total. The molecule has 0 aromatic rings. The summed E-state index contributed by atoms with van der Waals surface area (Å²) in [6.07, 6.45) is 12.7. The zero-order valence-electron chi connectivity index (χ0n) is 17.8. The molecule has 0 radical (unpaired) electrons. The van der Waals surface area contributed by atoms with Crippen molar-refractivity contribution in [3.05, 3.63) is 34.9 Å². The number of aliphatic hydroxyl groups is 1. The SMILES string of the molecule is CC1=CC[C@H]2C(C)(C)CCC[C@]2(C)[C@H]1C[C@@]12O[C@@H]1C1=CC(=O)CCC1=C[C@H]2O. The summed E-state index contributed by atoms with van der Waals surface area (Å²) in [7, 11) is 0. The Morgan fingerprint density at radius 2 is 2.00 bits per heavy atom. The normalized spacial score (nSPS) is 46.5. The molecule has 1 aliphatic heterocycles. The van der Waals surface area contributed by atoms with Crippen molar-refractivity contribution >= 4 is 5.78 Å². The molecule has 0 spiro atoms. The fourth-order valence-corrected chi connectivity index (χ4v) is 7.36. The third-order valence-corrected chi connectivity index (χ3v) is 9.01. The number of carbonyl (C=O) groups is 1. The lowest BCUT2D eigenvalue weighted by molar-refractivity contribution is -0.114. The smallest absolute Gasteiger partial charge is 0.156 e. The summed E-state index contributed by atoms with van der Waals surface area (Å²) in [6.45, 7) is 9.66. The maximum absolute atomic E-state index is 12.0. The highest BCUT2D eigenvalue weighted by atomic mass is 16.6. The first-order valence-electron chi connectivity index (χ1n) is 11.2. The Hall–Kier alpha value is -1.19. The van der Waals surface area contributed by atoms with Crippen molar-refractivity contribution in [1.82, 2.24) is 0 Å². The van der Waals surface area contributed by atoms with Gasteiger partial charge in [-0.15, -0.1) is 0 Å². The van der Waals surface area contributed by atoms with Crippen LogP contribution in [0.5, 0.6) is 0 Å². The average Bonchev–Trinajstić information content (AvgIpc) is 3.35. The molecule has 3 heteroatoms. The van der Waals surface area contributed by atoms with Crippen LogP contribution in [0.15, 0.2) is 34.9 Å². The molecule has 28 heavy (non-hydrogen) atoms. The number of ether oxygens (including phenoxy) is 1. The first-order chi connectivity index (χ1) is 13.2. The quantitative estimate of drug-likeness (QED) is 0.546. The number of hydrogen-bond acceptors (Lipinski definition) is 3. The predicted molar refractivity (Wildman–Crippen MR) is 110 cm³/mol. The number of fused-ring (bicyclic) bond motifs is 4. The molecule has 152 valence electrons. The molecule has 0 unspecified atom stereocenters. The van der Waals surface area contributed by atoms with Gasteiger partial charge in [-0.1, -0.05) is 38.8 Å². The lowest BCUT2D eigenvalue weighted by Gasteiger charge is -2.57. The number of aliphatic hydroxyl groups excluding tert-OH is 1. The minimum Gasteiger partial charge on any atom is -0.386 e. The molecular weight excluding hydrogens is 348 g/mol. The van der Waals surface area contributed by atoms with Gasteiger partial charge in [-0.05, 0) is 85.0 Å². The van der Waals surface area contributed by atoms with E-state index in [0.29, 0.717) is 23.7 Å². The van der Waals surface area contributed by atoms with E-state index in [4.69, 9.17) is 4.74 Å². The molecule has 1 saturated carbocycles. The summed E-state index contributed by atoms with van der Waals surface area (Å²) >= 11 is 0. The van der Waals surface area contributed by atoms with E-state index in [1.807, 2.05) is 6.08 Å². The van der Waals surface area contributed by atoms with Crippen molar-refractivity contribution in [2.45, 2.75) is 90.4 Å². The number of epoxide rings is 1. The van der Waals surface area contributed by atoms with Crippen LogP contribution in [0.1, 0.15) is 72.6 Å². The van der Waals surface area contributed by atoms with Crippen LogP contribution >= 0.6 is 0 Å². The van der Waals surface area contributed by atoms with Gasteiger partial charge in [-0.3, -0.25) is 4.79 Å². The van der Waals surface area contributed by atoms with E-state index in [1.165, 1.54) is 31.3 Å². The molecule has 5 aliphatic rings. The Kier molecular flexibility index (Phi) is 3.98. The highest BCUT2D eigenvalue weighted by Crippen LogP contribution is 2.64. The lowest BCUT2D eigenvalue weighted by Crippen LogP contribution is -2.50. The first-order valence-corrected chi connectivity index (χ1v) is 11.2. The highest BCUT2D eigenvalue weighted by Gasteiger charge is 2.67. The van der Waals surface area contributed by atoms with Gasteiger partial charge in [0, 0.05) is 6.42 Å². The van der Waals surface area contributed by atoms with Gasteiger partial charge >= 0.3 is 0 Å². The monoisotopic (exact) mass is 382 g/mol. The Morgan fingerprint density at radius 3 is 2.79 bits per heavy atom. The van der Waals surface area contributed by atoms with Crippen molar-refractivity contribution < 1.29 is 14.6 Å². The number of rotatable bonds is 2. The largest absolute Gasteiger partial charge is 0.386 e.